The van der Waals surface area contributed by atoms with Crippen LogP contribution in [0.2, 0.25) is 0 Å². The summed E-state index contributed by atoms with van der Waals surface area (Å²) in [5.74, 6) is 0.752. The minimum Gasteiger partial charge on any atom is -0.491 e. The number of para-hydroxylation sites is 1. The molecular weight excluding hydrogens is 284 g/mol. The number of hydrogen-bond acceptors (Lipinski definition) is 5. The Balaban J connectivity index is 2.47. The van der Waals surface area contributed by atoms with E-state index in [1.54, 1.807) is 12.1 Å². The number of hydrazine groups is 1. The van der Waals surface area contributed by atoms with E-state index >= 15 is 0 Å². The lowest BCUT2D eigenvalue weighted by Crippen LogP contribution is -2.43. The Kier molecular flexibility index (Phi) is 7.14. The van der Waals surface area contributed by atoms with Crippen molar-refractivity contribution in [1.29, 1.82) is 0 Å². The molecule has 0 spiro atoms. The monoisotopic (exact) mass is 310 g/mol. The highest BCUT2D eigenvalue weighted by Crippen LogP contribution is 2.18. The molecule has 2 N–H and O–H groups in total. The molecule has 0 fully saturated rings. The summed E-state index contributed by atoms with van der Waals surface area (Å²) in [6, 6.07) is 7.65. The summed E-state index contributed by atoms with van der Waals surface area (Å²) in [5.41, 5.74) is 3.16. The molecule has 0 aliphatic rings. The van der Waals surface area contributed by atoms with Gasteiger partial charge in [0, 0.05) is 13.6 Å². The lowest BCUT2D eigenvalue weighted by atomic mass is 10.1. The average molecular weight is 310 g/mol. The van der Waals surface area contributed by atoms with Gasteiger partial charge in [0.25, 0.3) is 0 Å². The molecule has 0 aromatic heterocycles. The minimum atomic E-state index is -0.518. The molecule has 22 heavy (non-hydrogen) atoms. The molecular formula is C16H26N2O4. The normalized spacial score (nSPS) is 11.4. The van der Waals surface area contributed by atoms with Crippen molar-refractivity contribution in [2.45, 2.75) is 32.8 Å². The van der Waals surface area contributed by atoms with Gasteiger partial charge in [-0.15, -0.1) is 0 Å². The maximum Gasteiger partial charge on any atom is 0.422 e. The molecule has 0 bridgehead atoms. The van der Waals surface area contributed by atoms with Gasteiger partial charge in [-0.2, -0.15) is 0 Å². The summed E-state index contributed by atoms with van der Waals surface area (Å²) in [7, 11) is 1.78. The molecule has 0 atom stereocenters. The molecule has 1 amide bonds. The van der Waals surface area contributed by atoms with Gasteiger partial charge in [0.2, 0.25) is 0 Å². The van der Waals surface area contributed by atoms with Gasteiger partial charge < -0.3 is 14.6 Å². The standard InChI is InChI=1S/C16H26N2O4/c1-16(2,3)22-15(20)17-18(4)10-9-13-7-5-6-8-14(13)21-12-11-19/h5-8,19H,9-12H2,1-4H3,(H,17,20). The van der Waals surface area contributed by atoms with Crippen molar-refractivity contribution in [1.82, 2.24) is 10.4 Å². The van der Waals surface area contributed by atoms with Crippen LogP contribution < -0.4 is 10.2 Å². The van der Waals surface area contributed by atoms with Crippen LogP contribution in [0.4, 0.5) is 4.79 Å². The zero-order valence-corrected chi connectivity index (χ0v) is 13.8. The predicted octanol–water partition coefficient (Wildman–Crippen LogP) is 1.97. The number of amides is 1. The van der Waals surface area contributed by atoms with E-state index in [9.17, 15) is 4.79 Å². The molecule has 0 radical (unpaired) electrons. The van der Waals surface area contributed by atoms with Crippen molar-refractivity contribution < 1.29 is 19.4 Å². The van der Waals surface area contributed by atoms with E-state index < -0.39 is 11.7 Å². The Labute approximate surface area is 132 Å². The van der Waals surface area contributed by atoms with Crippen LogP contribution in [0.1, 0.15) is 26.3 Å². The molecule has 1 aromatic rings. The summed E-state index contributed by atoms with van der Waals surface area (Å²) < 4.78 is 10.7. The quantitative estimate of drug-likeness (QED) is 0.754. The van der Waals surface area contributed by atoms with Crippen LogP contribution in [0.25, 0.3) is 0 Å². The number of rotatable bonds is 7. The number of likely N-dealkylation sites (N-methyl/N-ethyl adjacent to an activating group) is 1. The van der Waals surface area contributed by atoms with Gasteiger partial charge in [-0.1, -0.05) is 18.2 Å². The fraction of sp³-hybridized carbons (Fsp3) is 0.562. The van der Waals surface area contributed by atoms with E-state index in [1.165, 1.54) is 0 Å². The third-order valence-corrected chi connectivity index (χ3v) is 2.72. The zero-order valence-electron chi connectivity index (χ0n) is 13.8. The Morgan fingerprint density at radius 2 is 2.00 bits per heavy atom. The Hall–Kier alpha value is -1.79. The zero-order chi connectivity index (χ0) is 16.6. The summed E-state index contributed by atoms with van der Waals surface area (Å²) in [6.07, 6.45) is 0.230. The van der Waals surface area contributed by atoms with E-state index in [-0.39, 0.29) is 13.2 Å². The molecule has 6 heteroatoms. The fourth-order valence-electron chi connectivity index (χ4n) is 1.81. The summed E-state index contributed by atoms with van der Waals surface area (Å²) >= 11 is 0. The number of benzene rings is 1. The number of carbonyl (C=O) groups is 1. The first kappa shape index (κ1) is 18.3. The van der Waals surface area contributed by atoms with Gasteiger partial charge in [-0.3, -0.25) is 5.43 Å². The fourth-order valence-corrected chi connectivity index (χ4v) is 1.81. The van der Waals surface area contributed by atoms with Crippen LogP contribution in [-0.4, -0.2) is 48.6 Å². The first-order chi connectivity index (χ1) is 10.3. The molecule has 0 saturated heterocycles. The predicted molar refractivity (Wildman–Crippen MR) is 84.7 cm³/mol. The van der Waals surface area contributed by atoms with Gasteiger partial charge in [0.05, 0.1) is 6.61 Å². The number of aliphatic hydroxyl groups excluding tert-OH is 1. The Morgan fingerprint density at radius 3 is 2.64 bits per heavy atom. The second-order valence-electron chi connectivity index (χ2n) is 5.97. The molecule has 1 aromatic carbocycles. The summed E-state index contributed by atoms with van der Waals surface area (Å²) in [6.45, 7) is 6.32. The highest BCUT2D eigenvalue weighted by atomic mass is 16.6. The van der Waals surface area contributed by atoms with Crippen LogP contribution >= 0.6 is 0 Å². The number of nitrogens with zero attached hydrogens (tertiary/aromatic N) is 1. The topological polar surface area (TPSA) is 71.0 Å². The highest BCUT2D eigenvalue weighted by Gasteiger charge is 2.17. The van der Waals surface area contributed by atoms with Crippen molar-refractivity contribution in [3.05, 3.63) is 29.8 Å². The molecule has 1 rings (SSSR count). The molecule has 124 valence electrons. The van der Waals surface area contributed by atoms with Crippen molar-refractivity contribution in [3.8, 4) is 5.75 Å². The van der Waals surface area contributed by atoms with Crippen molar-refractivity contribution in [2.75, 3.05) is 26.8 Å². The van der Waals surface area contributed by atoms with Gasteiger partial charge >= 0.3 is 6.09 Å². The molecule has 0 aliphatic carbocycles. The van der Waals surface area contributed by atoms with Crippen molar-refractivity contribution in [2.24, 2.45) is 0 Å². The molecule has 0 unspecified atom stereocenters. The van der Waals surface area contributed by atoms with Gasteiger partial charge in [-0.25, -0.2) is 9.80 Å². The molecule has 0 aliphatic heterocycles. The van der Waals surface area contributed by atoms with Crippen LogP contribution in [-0.2, 0) is 11.2 Å². The molecule has 6 nitrogen and oxygen atoms in total. The van der Waals surface area contributed by atoms with Crippen molar-refractivity contribution >= 4 is 6.09 Å². The van der Waals surface area contributed by atoms with E-state index in [2.05, 4.69) is 5.43 Å². The van der Waals surface area contributed by atoms with E-state index in [0.29, 0.717) is 13.0 Å². The molecule has 0 heterocycles. The highest BCUT2D eigenvalue weighted by molar-refractivity contribution is 5.66. The van der Waals surface area contributed by atoms with Gasteiger partial charge in [-0.05, 0) is 38.8 Å². The smallest absolute Gasteiger partial charge is 0.422 e. The van der Waals surface area contributed by atoms with Crippen LogP contribution in [0, 0.1) is 0 Å². The lowest BCUT2D eigenvalue weighted by molar-refractivity contribution is 0.0370. The number of carbonyl (C=O) groups excluding carboxylic acids is 1. The third-order valence-electron chi connectivity index (χ3n) is 2.72. The van der Waals surface area contributed by atoms with Gasteiger partial charge in [0.15, 0.2) is 0 Å². The van der Waals surface area contributed by atoms with Gasteiger partial charge in [0.1, 0.15) is 18.0 Å². The SMILES string of the molecule is CN(CCc1ccccc1OCCO)NC(=O)OC(C)(C)C. The maximum atomic E-state index is 11.7. The summed E-state index contributed by atoms with van der Waals surface area (Å²) in [4.78, 5) is 11.7. The number of aliphatic hydroxyl groups is 1. The van der Waals surface area contributed by atoms with Crippen LogP contribution in [0.5, 0.6) is 5.75 Å². The third kappa shape index (κ3) is 7.28. The first-order valence-corrected chi connectivity index (χ1v) is 7.34. The second-order valence-corrected chi connectivity index (χ2v) is 5.97. The van der Waals surface area contributed by atoms with E-state index in [0.717, 1.165) is 11.3 Å². The summed E-state index contributed by atoms with van der Waals surface area (Å²) in [5, 5.41) is 10.5. The second kappa shape index (κ2) is 8.60. The number of nitrogens with one attached hydrogen (secondary N) is 1. The first-order valence-electron chi connectivity index (χ1n) is 7.34. The maximum absolute atomic E-state index is 11.7. The number of ether oxygens (including phenoxy) is 2. The van der Waals surface area contributed by atoms with Crippen LogP contribution in [0.3, 0.4) is 0 Å². The Morgan fingerprint density at radius 1 is 1.32 bits per heavy atom. The molecule has 0 saturated carbocycles. The lowest BCUT2D eigenvalue weighted by Gasteiger charge is -2.23. The Bertz CT molecular complexity index is 471. The largest absolute Gasteiger partial charge is 0.491 e. The van der Waals surface area contributed by atoms with E-state index in [4.69, 9.17) is 14.6 Å². The van der Waals surface area contributed by atoms with E-state index in [1.807, 2.05) is 45.0 Å². The minimum absolute atomic E-state index is 0.0194. The number of hydrogen-bond donors (Lipinski definition) is 2. The van der Waals surface area contributed by atoms with Crippen LogP contribution in [0.15, 0.2) is 24.3 Å². The van der Waals surface area contributed by atoms with Crippen molar-refractivity contribution in [3.63, 3.8) is 0 Å². The average Bonchev–Trinajstić information content (AvgIpc) is 2.41.